The van der Waals surface area contributed by atoms with Gasteiger partial charge in [-0.15, -0.1) is 22.7 Å². The van der Waals surface area contributed by atoms with Gasteiger partial charge < -0.3 is 15.1 Å². The summed E-state index contributed by atoms with van der Waals surface area (Å²) in [6.45, 7) is 4.16. The topological polar surface area (TPSA) is 67.2 Å². The highest BCUT2D eigenvalue weighted by Gasteiger charge is 2.24. The van der Waals surface area contributed by atoms with Crippen molar-refractivity contribution in [1.82, 2.24) is 4.98 Å². The molecular weight excluding hydrogens is 402 g/mol. The zero-order valence-corrected chi connectivity index (χ0v) is 17.8. The van der Waals surface area contributed by atoms with Gasteiger partial charge in [0.2, 0.25) is 0 Å². The van der Waals surface area contributed by atoms with Gasteiger partial charge in [0, 0.05) is 21.5 Å². The maximum absolute atomic E-state index is 12.6. The first-order chi connectivity index (χ1) is 14.1. The summed E-state index contributed by atoms with van der Waals surface area (Å²) in [7, 11) is 0. The summed E-state index contributed by atoms with van der Waals surface area (Å²) in [5.41, 5.74) is 2.16. The first-order valence-corrected chi connectivity index (χ1v) is 11.0. The Morgan fingerprint density at radius 2 is 2.14 bits per heavy atom. The number of pyridine rings is 1. The lowest BCUT2D eigenvalue weighted by Gasteiger charge is -2.19. The summed E-state index contributed by atoms with van der Waals surface area (Å²) in [6, 6.07) is 13.5. The van der Waals surface area contributed by atoms with Gasteiger partial charge in [-0.25, -0.2) is 4.98 Å². The van der Waals surface area contributed by atoms with E-state index in [2.05, 4.69) is 40.1 Å². The Kier molecular flexibility index (Phi) is 5.78. The summed E-state index contributed by atoms with van der Waals surface area (Å²) >= 11 is 3.27. The van der Waals surface area contributed by atoms with Gasteiger partial charge in [0.05, 0.1) is 12.3 Å². The number of hydrogen-bond acceptors (Lipinski definition) is 6. The minimum atomic E-state index is -0.251. The highest BCUT2D eigenvalue weighted by atomic mass is 32.1. The zero-order valence-electron chi connectivity index (χ0n) is 16.1. The molecule has 4 heterocycles. The number of nitrogens with zero attached hydrogens (tertiary/aromatic N) is 1. The molecule has 7 heteroatoms. The van der Waals surface area contributed by atoms with E-state index < -0.39 is 0 Å². The van der Waals surface area contributed by atoms with Crippen molar-refractivity contribution in [3.63, 3.8) is 0 Å². The molecule has 0 aliphatic carbocycles. The minimum Gasteiger partial charge on any atom is -0.459 e. The van der Waals surface area contributed by atoms with E-state index in [9.17, 15) is 4.79 Å². The van der Waals surface area contributed by atoms with Crippen molar-refractivity contribution in [1.29, 1.82) is 0 Å². The number of anilines is 2. The predicted molar refractivity (Wildman–Crippen MR) is 119 cm³/mol. The molecule has 0 aromatic carbocycles. The van der Waals surface area contributed by atoms with Crippen molar-refractivity contribution in [3.8, 4) is 0 Å². The van der Waals surface area contributed by atoms with Gasteiger partial charge in [0.15, 0.2) is 5.76 Å². The molecule has 4 aromatic heterocycles. The number of hydrogen-bond donors (Lipinski definition) is 2. The lowest BCUT2D eigenvalue weighted by atomic mass is 10.1. The number of aromatic nitrogens is 1. The molecule has 0 spiro atoms. The molecule has 5 nitrogen and oxygen atoms in total. The smallest absolute Gasteiger partial charge is 0.291 e. The van der Waals surface area contributed by atoms with Gasteiger partial charge >= 0.3 is 0 Å². The van der Waals surface area contributed by atoms with E-state index in [0.29, 0.717) is 5.76 Å². The van der Waals surface area contributed by atoms with Crippen LogP contribution in [-0.2, 0) is 6.42 Å². The normalized spacial score (nSPS) is 11.9. The molecular formula is C22H21N3O2S2. The second-order valence-corrected chi connectivity index (χ2v) is 8.71. The summed E-state index contributed by atoms with van der Waals surface area (Å²) in [4.78, 5) is 19.4. The highest BCUT2D eigenvalue weighted by Crippen LogP contribution is 2.39. The molecule has 29 heavy (non-hydrogen) atoms. The lowest BCUT2D eigenvalue weighted by Crippen LogP contribution is -2.16. The van der Waals surface area contributed by atoms with E-state index in [4.69, 9.17) is 4.42 Å². The third-order valence-corrected chi connectivity index (χ3v) is 6.63. The van der Waals surface area contributed by atoms with E-state index in [-0.39, 0.29) is 11.9 Å². The number of rotatable bonds is 7. The SMILES string of the molecule is CCc1cc(C(Nc2cc(C)ccn2)c2cccs2)c(NC(=O)c2ccco2)s1. The van der Waals surface area contributed by atoms with E-state index in [1.54, 1.807) is 41.0 Å². The molecule has 0 bridgehead atoms. The Labute approximate surface area is 177 Å². The number of furan rings is 1. The first-order valence-electron chi connectivity index (χ1n) is 9.34. The molecule has 0 aliphatic rings. The molecule has 0 saturated heterocycles. The van der Waals surface area contributed by atoms with E-state index in [0.717, 1.165) is 33.2 Å². The molecule has 1 atom stereocenters. The molecule has 0 fully saturated rings. The predicted octanol–water partition coefficient (Wildman–Crippen LogP) is 6.12. The van der Waals surface area contributed by atoms with Gasteiger partial charge in [-0.2, -0.15) is 0 Å². The molecule has 148 valence electrons. The van der Waals surface area contributed by atoms with Crippen LogP contribution in [0.25, 0.3) is 0 Å². The van der Waals surface area contributed by atoms with Crippen LogP contribution in [0.5, 0.6) is 0 Å². The van der Waals surface area contributed by atoms with Crippen LogP contribution >= 0.6 is 22.7 Å². The van der Waals surface area contributed by atoms with Crippen LogP contribution in [0.1, 0.15) is 44.4 Å². The van der Waals surface area contributed by atoms with E-state index >= 15 is 0 Å². The average Bonchev–Trinajstić information content (AvgIpc) is 3.47. The van der Waals surface area contributed by atoms with Gasteiger partial charge in [-0.1, -0.05) is 13.0 Å². The fourth-order valence-corrected chi connectivity index (χ4v) is 4.86. The second-order valence-electron chi connectivity index (χ2n) is 6.59. The number of thiophene rings is 2. The molecule has 0 saturated carbocycles. The van der Waals surface area contributed by atoms with Crippen molar-refractivity contribution in [2.75, 3.05) is 10.6 Å². The van der Waals surface area contributed by atoms with Crippen LogP contribution in [-0.4, -0.2) is 10.9 Å². The molecule has 0 aliphatic heterocycles. The minimum absolute atomic E-state index is 0.118. The number of nitrogens with one attached hydrogen (secondary N) is 2. The van der Waals surface area contributed by atoms with E-state index in [1.807, 2.05) is 25.1 Å². The maximum atomic E-state index is 12.6. The first kappa shape index (κ1) is 19.4. The molecule has 1 amide bonds. The fourth-order valence-electron chi connectivity index (χ4n) is 3.04. The van der Waals surface area contributed by atoms with Gasteiger partial charge in [-0.3, -0.25) is 4.79 Å². The van der Waals surface area contributed by atoms with Crippen molar-refractivity contribution < 1.29 is 9.21 Å². The van der Waals surface area contributed by atoms with Gasteiger partial charge in [0.25, 0.3) is 5.91 Å². The molecule has 2 N–H and O–H groups in total. The van der Waals surface area contributed by atoms with Crippen molar-refractivity contribution >= 4 is 39.4 Å². The van der Waals surface area contributed by atoms with Crippen LogP contribution in [0.2, 0.25) is 0 Å². The van der Waals surface area contributed by atoms with Gasteiger partial charge in [0.1, 0.15) is 10.8 Å². The van der Waals surface area contributed by atoms with Gasteiger partial charge in [-0.05, 0) is 60.7 Å². The van der Waals surface area contributed by atoms with Crippen LogP contribution in [0.4, 0.5) is 10.8 Å². The number of amides is 1. The highest BCUT2D eigenvalue weighted by molar-refractivity contribution is 7.16. The van der Waals surface area contributed by atoms with Crippen LogP contribution in [0, 0.1) is 6.92 Å². The Balaban J connectivity index is 1.71. The number of aryl methyl sites for hydroxylation is 2. The Morgan fingerprint density at radius 1 is 1.24 bits per heavy atom. The Morgan fingerprint density at radius 3 is 2.83 bits per heavy atom. The maximum Gasteiger partial charge on any atom is 0.291 e. The lowest BCUT2D eigenvalue weighted by molar-refractivity contribution is 0.0997. The van der Waals surface area contributed by atoms with Crippen LogP contribution in [0.3, 0.4) is 0 Å². The Hall–Kier alpha value is -2.90. The Bertz CT molecular complexity index is 1090. The third-order valence-electron chi connectivity index (χ3n) is 4.48. The molecule has 0 radical (unpaired) electrons. The summed E-state index contributed by atoms with van der Waals surface area (Å²) < 4.78 is 5.25. The third kappa shape index (κ3) is 4.41. The van der Waals surface area contributed by atoms with Crippen molar-refractivity contribution in [2.24, 2.45) is 0 Å². The second kappa shape index (κ2) is 8.63. The quantitative estimate of drug-likeness (QED) is 0.376. The summed E-state index contributed by atoms with van der Waals surface area (Å²) in [6.07, 6.45) is 4.20. The van der Waals surface area contributed by atoms with Crippen molar-refractivity contribution in [2.45, 2.75) is 26.3 Å². The molecule has 4 rings (SSSR count). The number of carbonyl (C=O) groups is 1. The summed E-state index contributed by atoms with van der Waals surface area (Å²) in [5.74, 6) is 0.846. The van der Waals surface area contributed by atoms with Crippen LogP contribution in [0.15, 0.2) is 64.7 Å². The monoisotopic (exact) mass is 423 g/mol. The largest absolute Gasteiger partial charge is 0.459 e. The standard InChI is InChI=1S/C22H21N3O2S2/c1-3-15-13-16(22(29-15)25-21(26)17-6-4-10-27-17)20(18-7-5-11-28-18)24-19-12-14(2)8-9-23-19/h4-13,20H,3H2,1-2H3,(H,23,24)(H,25,26). The zero-order chi connectivity index (χ0) is 20.2. The fraction of sp³-hybridized carbons (Fsp3) is 0.182. The molecule has 4 aromatic rings. The van der Waals surface area contributed by atoms with Crippen molar-refractivity contribution in [3.05, 3.63) is 86.9 Å². The average molecular weight is 424 g/mol. The summed E-state index contributed by atoms with van der Waals surface area (Å²) in [5, 5.41) is 9.47. The number of carbonyl (C=O) groups excluding carboxylic acids is 1. The molecule has 1 unspecified atom stereocenters. The van der Waals surface area contributed by atoms with Crippen LogP contribution < -0.4 is 10.6 Å². The van der Waals surface area contributed by atoms with E-state index in [1.165, 1.54) is 11.1 Å².